The Morgan fingerprint density at radius 1 is 1.28 bits per heavy atom. The molecule has 2 aliphatic rings. The summed E-state index contributed by atoms with van der Waals surface area (Å²) < 4.78 is 2.25. The van der Waals surface area contributed by atoms with E-state index in [0.717, 1.165) is 0 Å². The second kappa shape index (κ2) is 4.09. The third kappa shape index (κ3) is 2.09. The highest BCUT2D eigenvalue weighted by Gasteiger charge is 2.40. The van der Waals surface area contributed by atoms with E-state index in [1.165, 1.54) is 44.5 Å². The average Bonchev–Trinajstić information content (AvgIpc) is 2.76. The summed E-state index contributed by atoms with van der Waals surface area (Å²) in [6.45, 7) is 9.18. The molecule has 0 aromatic carbocycles. The van der Waals surface area contributed by atoms with Crippen LogP contribution < -0.4 is 5.32 Å². The Kier molecular flexibility index (Phi) is 2.77. The van der Waals surface area contributed by atoms with Crippen molar-refractivity contribution in [2.45, 2.75) is 57.9 Å². The molecule has 3 nitrogen and oxygen atoms in total. The molecule has 1 aliphatic heterocycles. The Balaban J connectivity index is 1.67. The second-order valence-electron chi connectivity index (χ2n) is 7.25. The summed E-state index contributed by atoms with van der Waals surface area (Å²) >= 11 is 0. The van der Waals surface area contributed by atoms with E-state index >= 15 is 0 Å². The maximum absolute atomic E-state index is 4.65. The zero-order valence-electron chi connectivity index (χ0n) is 11.9. The fourth-order valence-corrected chi connectivity index (χ4v) is 3.27. The van der Waals surface area contributed by atoms with E-state index in [9.17, 15) is 0 Å². The van der Waals surface area contributed by atoms with Crippen molar-refractivity contribution in [1.82, 2.24) is 14.9 Å². The van der Waals surface area contributed by atoms with Crippen molar-refractivity contribution in [3.63, 3.8) is 0 Å². The van der Waals surface area contributed by atoms with Crippen LogP contribution in [0.25, 0.3) is 0 Å². The van der Waals surface area contributed by atoms with Gasteiger partial charge in [-0.3, -0.25) is 0 Å². The Hall–Kier alpha value is -0.830. The van der Waals surface area contributed by atoms with Gasteiger partial charge in [-0.2, -0.15) is 0 Å². The number of nitrogens with one attached hydrogen (secondary N) is 1. The molecule has 0 unspecified atom stereocenters. The van der Waals surface area contributed by atoms with Crippen LogP contribution in [0.2, 0.25) is 0 Å². The van der Waals surface area contributed by atoms with Gasteiger partial charge in [-0.25, -0.2) is 4.98 Å². The fourth-order valence-electron chi connectivity index (χ4n) is 3.27. The maximum atomic E-state index is 4.65. The van der Waals surface area contributed by atoms with Crippen LogP contribution >= 0.6 is 0 Å². The number of nitrogens with zero attached hydrogens (tertiary/aromatic N) is 2. The Morgan fingerprint density at radius 3 is 2.39 bits per heavy atom. The molecule has 2 heterocycles. The Morgan fingerprint density at radius 2 is 1.94 bits per heavy atom. The van der Waals surface area contributed by atoms with Gasteiger partial charge < -0.3 is 9.88 Å². The first kappa shape index (κ1) is 12.2. The summed E-state index contributed by atoms with van der Waals surface area (Å²) in [6, 6.07) is 0. The monoisotopic (exact) mass is 247 g/mol. The number of hydrogen-bond acceptors (Lipinski definition) is 2. The van der Waals surface area contributed by atoms with E-state index in [0.29, 0.717) is 11.3 Å². The Labute approximate surface area is 110 Å². The predicted molar refractivity (Wildman–Crippen MR) is 73.7 cm³/mol. The first-order valence-corrected chi connectivity index (χ1v) is 7.24. The van der Waals surface area contributed by atoms with E-state index in [-0.39, 0.29) is 5.54 Å². The summed E-state index contributed by atoms with van der Waals surface area (Å²) in [5.74, 6) is 0.694. The van der Waals surface area contributed by atoms with E-state index in [1.54, 1.807) is 0 Å². The first-order chi connectivity index (χ1) is 8.49. The molecule has 1 spiro atoms. The van der Waals surface area contributed by atoms with Gasteiger partial charge in [0.25, 0.3) is 0 Å². The van der Waals surface area contributed by atoms with Gasteiger partial charge in [0.2, 0.25) is 0 Å². The van der Waals surface area contributed by atoms with Crippen LogP contribution in [0, 0.1) is 5.41 Å². The van der Waals surface area contributed by atoms with Gasteiger partial charge in [-0.15, -0.1) is 0 Å². The van der Waals surface area contributed by atoms with Crippen molar-refractivity contribution >= 4 is 0 Å². The quantitative estimate of drug-likeness (QED) is 0.827. The zero-order chi connectivity index (χ0) is 12.8. The molecule has 1 aromatic heterocycles. The molecule has 3 heteroatoms. The van der Waals surface area contributed by atoms with Gasteiger partial charge in [-0.1, -0.05) is 0 Å². The minimum Gasteiger partial charge on any atom is -0.332 e. The van der Waals surface area contributed by atoms with E-state index in [1.807, 2.05) is 6.33 Å². The molecule has 1 aliphatic carbocycles. The molecule has 1 saturated heterocycles. The van der Waals surface area contributed by atoms with Crippen molar-refractivity contribution in [3.8, 4) is 0 Å². The van der Waals surface area contributed by atoms with Crippen LogP contribution in [0.15, 0.2) is 12.5 Å². The average molecular weight is 247 g/mol. The lowest BCUT2D eigenvalue weighted by Crippen LogP contribution is -2.54. The van der Waals surface area contributed by atoms with E-state index < -0.39 is 0 Å². The highest BCUT2D eigenvalue weighted by molar-refractivity contribution is 5.10. The molecule has 100 valence electrons. The van der Waals surface area contributed by atoms with Gasteiger partial charge in [0.1, 0.15) is 0 Å². The lowest BCUT2D eigenvalue weighted by Gasteiger charge is -2.47. The normalized spacial score (nSPS) is 24.2. The predicted octanol–water partition coefficient (Wildman–Crippen LogP) is 2.89. The van der Waals surface area contributed by atoms with Crippen molar-refractivity contribution in [2.24, 2.45) is 5.41 Å². The minimum absolute atomic E-state index is 0.152. The largest absolute Gasteiger partial charge is 0.332 e. The van der Waals surface area contributed by atoms with Crippen molar-refractivity contribution in [2.75, 3.05) is 13.1 Å². The highest BCUT2D eigenvalue weighted by Crippen LogP contribution is 2.44. The van der Waals surface area contributed by atoms with Crippen molar-refractivity contribution in [1.29, 1.82) is 0 Å². The number of hydrogen-bond donors (Lipinski definition) is 1. The third-order valence-electron chi connectivity index (χ3n) is 4.84. The van der Waals surface area contributed by atoms with Gasteiger partial charge in [0.15, 0.2) is 0 Å². The third-order valence-corrected chi connectivity index (χ3v) is 4.84. The molecule has 1 saturated carbocycles. The Bertz CT molecular complexity index is 413. The van der Waals surface area contributed by atoms with E-state index in [4.69, 9.17) is 0 Å². The molecule has 3 rings (SSSR count). The molecule has 18 heavy (non-hydrogen) atoms. The topological polar surface area (TPSA) is 29.9 Å². The summed E-state index contributed by atoms with van der Waals surface area (Å²) in [5, 5.41) is 3.43. The number of aromatic nitrogens is 2. The zero-order valence-corrected chi connectivity index (χ0v) is 11.9. The van der Waals surface area contributed by atoms with Crippen LogP contribution in [0.3, 0.4) is 0 Å². The first-order valence-electron chi connectivity index (χ1n) is 7.24. The molecule has 1 aromatic rings. The summed E-state index contributed by atoms with van der Waals surface area (Å²) in [7, 11) is 0. The minimum atomic E-state index is 0.152. The van der Waals surface area contributed by atoms with Crippen molar-refractivity contribution < 1.29 is 0 Å². The van der Waals surface area contributed by atoms with Crippen LogP contribution in [-0.4, -0.2) is 22.6 Å². The molecular formula is C15H25N3. The van der Waals surface area contributed by atoms with Crippen LogP contribution in [-0.2, 0) is 5.54 Å². The molecule has 0 atom stereocenters. The lowest BCUT2D eigenvalue weighted by atomic mass is 9.66. The molecular weight excluding hydrogens is 222 g/mol. The summed E-state index contributed by atoms with van der Waals surface area (Å²) in [5.41, 5.74) is 2.12. The SMILES string of the molecule is CC(C)(C)n1cnc(C2CCC3(CC2)CNC3)c1. The molecule has 0 radical (unpaired) electrons. The summed E-state index contributed by atoms with van der Waals surface area (Å²) in [6.07, 6.45) is 9.68. The molecule has 2 fully saturated rings. The van der Waals surface area contributed by atoms with Crippen molar-refractivity contribution in [3.05, 3.63) is 18.2 Å². The van der Waals surface area contributed by atoms with Gasteiger partial charge in [0.05, 0.1) is 12.0 Å². The number of rotatable bonds is 1. The van der Waals surface area contributed by atoms with E-state index in [2.05, 4.69) is 41.8 Å². The maximum Gasteiger partial charge on any atom is 0.0954 e. The number of imidazole rings is 1. The van der Waals surface area contributed by atoms with Gasteiger partial charge in [0, 0.05) is 30.7 Å². The lowest BCUT2D eigenvalue weighted by molar-refractivity contribution is 0.0968. The van der Waals surface area contributed by atoms with Crippen LogP contribution in [0.1, 0.15) is 58.1 Å². The molecule has 1 N–H and O–H groups in total. The summed E-state index contributed by atoms with van der Waals surface area (Å²) in [4.78, 5) is 4.65. The van der Waals surface area contributed by atoms with Gasteiger partial charge >= 0.3 is 0 Å². The smallest absolute Gasteiger partial charge is 0.0954 e. The second-order valence-corrected chi connectivity index (χ2v) is 7.25. The standard InChI is InChI=1S/C15H25N3/c1-14(2,3)18-8-13(17-11-18)12-4-6-15(7-5-12)9-16-10-15/h8,11-12,16H,4-7,9-10H2,1-3H3. The van der Waals surface area contributed by atoms with Crippen LogP contribution in [0.4, 0.5) is 0 Å². The highest BCUT2D eigenvalue weighted by atomic mass is 15.1. The molecule has 0 bridgehead atoms. The van der Waals surface area contributed by atoms with Gasteiger partial charge in [-0.05, 0) is 51.9 Å². The fraction of sp³-hybridized carbons (Fsp3) is 0.800. The van der Waals surface area contributed by atoms with Crippen LogP contribution in [0.5, 0.6) is 0 Å². The molecule has 0 amide bonds.